The first kappa shape index (κ1) is 25.2. The maximum atomic E-state index is 12.1. The third-order valence-electron chi connectivity index (χ3n) is 6.26. The smallest absolute Gasteiger partial charge is 0.328 e. The molecule has 1 atom stereocenters. The van der Waals surface area contributed by atoms with Crippen LogP contribution in [0.4, 0.5) is 5.69 Å². The molecule has 3 aromatic carbocycles. The summed E-state index contributed by atoms with van der Waals surface area (Å²) in [4.78, 5) is 21.4. The van der Waals surface area contributed by atoms with Crippen molar-refractivity contribution in [3.05, 3.63) is 100 Å². The highest BCUT2D eigenvalue weighted by Gasteiger charge is 2.22. The van der Waals surface area contributed by atoms with Gasteiger partial charge in [-0.2, -0.15) is 0 Å². The number of aliphatic imine (C=N–C) groups is 1. The number of hydrogen-bond acceptors (Lipinski definition) is 4. The topological polar surface area (TPSA) is 56.1 Å². The average molecular weight is 510 g/mol. The highest BCUT2D eigenvalue weighted by Crippen LogP contribution is 2.32. The number of aliphatic carboxylic acids is 1. The van der Waals surface area contributed by atoms with Crippen molar-refractivity contribution in [2.75, 3.05) is 37.6 Å². The van der Waals surface area contributed by atoms with Crippen molar-refractivity contribution in [3.63, 3.8) is 0 Å². The Kier molecular flexibility index (Phi) is 8.80. The summed E-state index contributed by atoms with van der Waals surface area (Å²) in [6.45, 7) is 4.33. The van der Waals surface area contributed by atoms with Crippen LogP contribution in [0, 0.1) is 0 Å². The molecule has 1 aliphatic rings. The minimum atomic E-state index is -0.894. The van der Waals surface area contributed by atoms with E-state index in [4.69, 9.17) is 28.2 Å². The lowest BCUT2D eigenvalue weighted by molar-refractivity contribution is -0.138. The molecule has 182 valence electrons. The van der Waals surface area contributed by atoms with Crippen molar-refractivity contribution in [2.45, 2.75) is 18.9 Å². The van der Waals surface area contributed by atoms with Crippen LogP contribution in [0.1, 0.15) is 24.0 Å². The first-order valence-electron chi connectivity index (χ1n) is 11.9. The zero-order valence-corrected chi connectivity index (χ0v) is 21.0. The molecule has 35 heavy (non-hydrogen) atoms. The van der Waals surface area contributed by atoms with Gasteiger partial charge in [0.25, 0.3) is 0 Å². The summed E-state index contributed by atoms with van der Waals surface area (Å²) in [7, 11) is 0. The van der Waals surface area contributed by atoms with Gasteiger partial charge in [-0.3, -0.25) is 9.89 Å². The number of carboxylic acids is 1. The van der Waals surface area contributed by atoms with Crippen LogP contribution < -0.4 is 4.90 Å². The summed E-state index contributed by atoms with van der Waals surface area (Å²) in [5.74, 6) is -0.894. The van der Waals surface area contributed by atoms with E-state index in [-0.39, 0.29) is 0 Å². The maximum absolute atomic E-state index is 12.1. The Morgan fingerprint density at radius 2 is 1.46 bits per heavy atom. The van der Waals surface area contributed by atoms with Gasteiger partial charge < -0.3 is 10.0 Å². The lowest BCUT2D eigenvalue weighted by Crippen LogP contribution is -2.46. The van der Waals surface area contributed by atoms with Crippen LogP contribution in [0.25, 0.3) is 0 Å². The van der Waals surface area contributed by atoms with Crippen LogP contribution in [0.3, 0.4) is 0 Å². The van der Waals surface area contributed by atoms with E-state index in [0.717, 1.165) is 56.0 Å². The number of nitrogens with zero attached hydrogens (tertiary/aromatic N) is 3. The zero-order chi connectivity index (χ0) is 24.6. The van der Waals surface area contributed by atoms with Gasteiger partial charge in [0.2, 0.25) is 0 Å². The van der Waals surface area contributed by atoms with Gasteiger partial charge in [-0.15, -0.1) is 0 Å². The van der Waals surface area contributed by atoms with E-state index in [9.17, 15) is 9.90 Å². The first-order chi connectivity index (χ1) is 17.0. The van der Waals surface area contributed by atoms with Crippen molar-refractivity contribution < 1.29 is 9.90 Å². The molecule has 1 fully saturated rings. The van der Waals surface area contributed by atoms with E-state index in [1.807, 2.05) is 72.8 Å². The molecule has 1 aliphatic heterocycles. The van der Waals surface area contributed by atoms with Gasteiger partial charge in [0, 0.05) is 37.3 Å². The Balaban J connectivity index is 1.37. The Morgan fingerprint density at radius 1 is 0.857 bits per heavy atom. The predicted molar refractivity (Wildman–Crippen MR) is 144 cm³/mol. The molecule has 0 amide bonds. The van der Waals surface area contributed by atoms with Crippen LogP contribution in [0.15, 0.2) is 83.9 Å². The molecule has 0 radical (unpaired) electrons. The molecule has 7 heteroatoms. The van der Waals surface area contributed by atoms with Gasteiger partial charge in [0.15, 0.2) is 0 Å². The maximum Gasteiger partial charge on any atom is 0.328 e. The minimum Gasteiger partial charge on any atom is -0.480 e. The van der Waals surface area contributed by atoms with Gasteiger partial charge >= 0.3 is 5.97 Å². The molecule has 0 bridgehead atoms. The van der Waals surface area contributed by atoms with Gasteiger partial charge in [-0.25, -0.2) is 4.79 Å². The van der Waals surface area contributed by atoms with Gasteiger partial charge in [-0.05, 0) is 31.5 Å². The van der Waals surface area contributed by atoms with Crippen LogP contribution in [-0.2, 0) is 4.79 Å². The quantitative estimate of drug-likeness (QED) is 0.365. The number of hydrogen-bond donors (Lipinski definition) is 1. The molecule has 3 aromatic rings. The van der Waals surface area contributed by atoms with Crippen LogP contribution in [-0.4, -0.2) is 60.5 Å². The highest BCUT2D eigenvalue weighted by molar-refractivity contribution is 6.43. The molecular formula is C28H29Cl2N3O2. The molecule has 5 nitrogen and oxygen atoms in total. The number of benzene rings is 3. The van der Waals surface area contributed by atoms with Crippen molar-refractivity contribution in [3.8, 4) is 0 Å². The van der Waals surface area contributed by atoms with Crippen molar-refractivity contribution in [1.29, 1.82) is 0 Å². The predicted octanol–water partition coefficient (Wildman–Crippen LogP) is 5.89. The second kappa shape index (κ2) is 12.2. The Bertz CT molecular complexity index is 1110. The second-order valence-corrected chi connectivity index (χ2v) is 9.39. The van der Waals surface area contributed by atoms with E-state index >= 15 is 0 Å². The lowest BCUT2D eigenvalue weighted by atomic mass is 10.0. The summed E-state index contributed by atoms with van der Waals surface area (Å²) in [6.07, 6.45) is 1.24. The fourth-order valence-electron chi connectivity index (χ4n) is 4.36. The number of carboxylic acid groups (broad SMARTS) is 1. The van der Waals surface area contributed by atoms with Crippen LogP contribution in [0.5, 0.6) is 0 Å². The highest BCUT2D eigenvalue weighted by atomic mass is 35.5. The second-order valence-electron chi connectivity index (χ2n) is 8.61. The van der Waals surface area contributed by atoms with E-state index in [0.29, 0.717) is 22.2 Å². The van der Waals surface area contributed by atoms with Crippen molar-refractivity contribution in [1.82, 2.24) is 4.90 Å². The molecule has 0 aromatic heterocycles. The molecule has 4 rings (SSSR count). The molecule has 0 spiro atoms. The fourth-order valence-corrected chi connectivity index (χ4v) is 4.78. The molecule has 0 aliphatic carbocycles. The van der Waals surface area contributed by atoms with Crippen LogP contribution >= 0.6 is 23.2 Å². The summed E-state index contributed by atoms with van der Waals surface area (Å²) >= 11 is 12.6. The summed E-state index contributed by atoms with van der Waals surface area (Å²) in [5, 5.41) is 11.1. The molecule has 1 heterocycles. The van der Waals surface area contributed by atoms with Crippen molar-refractivity contribution >= 4 is 40.6 Å². The molecule has 1 saturated heterocycles. The van der Waals surface area contributed by atoms with E-state index < -0.39 is 12.0 Å². The van der Waals surface area contributed by atoms with Gasteiger partial charge in [-0.1, -0.05) is 89.9 Å². The Labute approximate surface area is 216 Å². The third kappa shape index (κ3) is 6.63. The van der Waals surface area contributed by atoms with E-state index in [1.165, 1.54) is 0 Å². The average Bonchev–Trinajstić information content (AvgIpc) is 2.89. The summed E-state index contributed by atoms with van der Waals surface area (Å²) < 4.78 is 0. The van der Waals surface area contributed by atoms with Gasteiger partial charge in [0.1, 0.15) is 6.04 Å². The fraction of sp³-hybridized carbons (Fsp3) is 0.286. The number of rotatable bonds is 9. The number of piperazine rings is 1. The van der Waals surface area contributed by atoms with E-state index in [2.05, 4.69) is 9.80 Å². The summed E-state index contributed by atoms with van der Waals surface area (Å²) in [6, 6.07) is 24.5. The molecule has 0 saturated carbocycles. The number of anilines is 1. The normalized spacial score (nSPS) is 15.0. The number of halogens is 2. The largest absolute Gasteiger partial charge is 0.480 e. The van der Waals surface area contributed by atoms with Crippen LogP contribution in [0.2, 0.25) is 10.0 Å². The van der Waals surface area contributed by atoms with Gasteiger partial charge in [0.05, 0.1) is 21.4 Å². The van der Waals surface area contributed by atoms with Crippen molar-refractivity contribution in [2.24, 2.45) is 4.99 Å². The van der Waals surface area contributed by atoms with E-state index in [1.54, 1.807) is 6.07 Å². The third-order valence-corrected chi connectivity index (χ3v) is 7.07. The number of carbonyl (C=O) groups is 1. The molecule has 1 N–H and O–H groups in total. The Morgan fingerprint density at radius 3 is 2.03 bits per heavy atom. The lowest BCUT2D eigenvalue weighted by Gasteiger charge is -2.36. The monoisotopic (exact) mass is 509 g/mol. The SMILES string of the molecule is O=C(O)C(CCCN1CCN(c2cccc(Cl)c2Cl)CC1)N=C(c1ccccc1)c1ccccc1. The molecule has 1 unspecified atom stereocenters. The standard InChI is InChI=1S/C28H29Cl2N3O2/c29-23-13-7-15-25(26(23)30)33-19-17-32(18-20-33)16-8-14-24(28(34)35)31-27(21-9-3-1-4-10-21)22-11-5-2-6-12-22/h1-7,9-13,15,24H,8,14,16-20H2,(H,34,35). The summed E-state index contributed by atoms with van der Waals surface area (Å²) in [5.41, 5.74) is 3.51. The molecular weight excluding hydrogens is 481 g/mol. The first-order valence-corrected chi connectivity index (χ1v) is 12.6. The Hall–Kier alpha value is -2.86. The zero-order valence-electron chi connectivity index (χ0n) is 19.5. The minimum absolute atomic E-state index is 0.485.